The van der Waals surface area contributed by atoms with Gasteiger partial charge in [-0.3, -0.25) is 9.11 Å². The van der Waals surface area contributed by atoms with Crippen LogP contribution in [0.4, 0.5) is 5.69 Å². The van der Waals surface area contributed by atoms with Crippen molar-refractivity contribution in [2.75, 3.05) is 49.7 Å². The molecule has 0 saturated carbocycles. The van der Waals surface area contributed by atoms with Crippen LogP contribution in [0.15, 0.2) is 57.3 Å². The maximum Gasteiger partial charge on any atom is 0.265 e. The molecule has 3 heterocycles. The Kier molecular flexibility index (Phi) is 14.6. The van der Waals surface area contributed by atoms with Gasteiger partial charge < -0.3 is 14.5 Å². The number of thiophene rings is 1. The van der Waals surface area contributed by atoms with E-state index in [4.69, 9.17) is 16.3 Å². The van der Waals surface area contributed by atoms with Crippen molar-refractivity contribution in [3.05, 3.63) is 62.4 Å². The van der Waals surface area contributed by atoms with E-state index >= 15 is 0 Å². The number of ether oxygens (including phenoxy) is 1. The van der Waals surface area contributed by atoms with Crippen LogP contribution in [0, 0.1) is 0 Å². The molecule has 2 N–H and O–H groups in total. The van der Waals surface area contributed by atoms with Crippen LogP contribution in [0.2, 0.25) is 5.02 Å². The van der Waals surface area contributed by atoms with E-state index in [9.17, 15) is 25.9 Å². The molecule has 0 unspecified atom stereocenters. The monoisotopic (exact) mass is 802 g/mol. The van der Waals surface area contributed by atoms with Crippen molar-refractivity contribution in [3.63, 3.8) is 0 Å². The van der Waals surface area contributed by atoms with E-state index in [2.05, 4.69) is 42.4 Å². The highest BCUT2D eigenvalue weighted by molar-refractivity contribution is 8.03. The summed E-state index contributed by atoms with van der Waals surface area (Å²) in [7, 11) is -6.56. The molecule has 0 fully saturated rings. The van der Waals surface area contributed by atoms with Crippen molar-refractivity contribution in [1.29, 1.82) is 0 Å². The fourth-order valence-corrected chi connectivity index (χ4v) is 10.2. The number of nitrogens with zero attached hydrogens (tertiary/aromatic N) is 3. The van der Waals surface area contributed by atoms with Gasteiger partial charge in [0.05, 0.1) is 29.3 Å². The average molecular weight is 804 g/mol. The molecule has 0 amide bonds. The topological polar surface area (TPSA) is 128 Å². The number of rotatable bonds is 15. The molecule has 0 aliphatic carbocycles. The van der Waals surface area contributed by atoms with Gasteiger partial charge in [-0.25, -0.2) is 0 Å². The molecule has 1 aliphatic heterocycles. The molecule has 16 heteroatoms. The van der Waals surface area contributed by atoms with Crippen LogP contribution in [-0.4, -0.2) is 75.6 Å². The molecular formula is C34H45ClN3O7S5+. The SMILES string of the molecule is CCC(/C=C1\Sc2ccc(Cl)cc2N1CCCS(=O)(=O)O)=C\c1sc2cc(OC)c3ccsc3c2[n+]1CCCS(=O)(=O)O.CCN(CC)CC. The predicted octanol–water partition coefficient (Wildman–Crippen LogP) is 8.22. The largest absolute Gasteiger partial charge is 0.496 e. The zero-order valence-electron chi connectivity index (χ0n) is 28.9. The Morgan fingerprint density at radius 2 is 1.68 bits per heavy atom. The lowest BCUT2D eigenvalue weighted by molar-refractivity contribution is -0.667. The molecule has 2 aromatic heterocycles. The number of thiazole rings is 1. The van der Waals surface area contributed by atoms with Crippen molar-refractivity contribution in [2.45, 2.75) is 58.4 Å². The van der Waals surface area contributed by atoms with Gasteiger partial charge in [0.15, 0.2) is 6.54 Å². The lowest BCUT2D eigenvalue weighted by atomic mass is 10.2. The molecule has 0 radical (unpaired) electrons. The smallest absolute Gasteiger partial charge is 0.265 e. The first-order valence-corrected chi connectivity index (χ1v) is 22.5. The van der Waals surface area contributed by atoms with Crippen LogP contribution < -0.4 is 14.2 Å². The molecule has 0 atom stereocenters. The van der Waals surface area contributed by atoms with Crippen LogP contribution in [0.1, 0.15) is 52.0 Å². The standard InChI is InChI=1S/C28H29ClN2O7S5.C6H15N/c1-3-18(14-25-30(9-4-12-42(32,33)34)21-16-19(29)6-7-23(21)40-25)15-26-31(10-5-13-43(35,36)37)27-24(41-26)17-22(38-2)20-8-11-39-28(20)27;1-4-7(5-2)6-3/h6-8,11,14-17H,3-5,9-10,12-13H2,1-2H3,(H-,32,33,34,35,36,37);4-6H2,1-3H3/p+1. The number of aromatic nitrogens is 1. The van der Waals surface area contributed by atoms with E-state index in [1.165, 1.54) is 19.6 Å². The van der Waals surface area contributed by atoms with Crippen molar-refractivity contribution in [1.82, 2.24) is 4.90 Å². The van der Waals surface area contributed by atoms with Gasteiger partial charge in [-0.05, 0) is 73.8 Å². The summed E-state index contributed by atoms with van der Waals surface area (Å²) in [6.07, 6.45) is 5.32. The molecule has 2 aromatic carbocycles. The highest BCUT2D eigenvalue weighted by atomic mass is 35.5. The summed E-state index contributed by atoms with van der Waals surface area (Å²) in [5.41, 5.74) is 2.87. The Hall–Kier alpha value is -2.21. The molecule has 1 aliphatic rings. The Morgan fingerprint density at radius 3 is 2.28 bits per heavy atom. The number of allylic oxidation sites excluding steroid dienone is 2. The fraction of sp³-hybridized carbons (Fsp3) is 0.441. The minimum atomic E-state index is -4.10. The van der Waals surface area contributed by atoms with E-state index in [0.29, 0.717) is 24.5 Å². The van der Waals surface area contributed by atoms with Crippen LogP contribution in [0.5, 0.6) is 5.75 Å². The highest BCUT2D eigenvalue weighted by Gasteiger charge is 2.28. The summed E-state index contributed by atoms with van der Waals surface area (Å²) >= 11 is 11.0. The summed E-state index contributed by atoms with van der Waals surface area (Å²) in [5, 5.41) is 5.37. The molecule has 4 aromatic rings. The van der Waals surface area contributed by atoms with Gasteiger partial charge in [0, 0.05) is 40.4 Å². The van der Waals surface area contributed by atoms with E-state index in [-0.39, 0.29) is 24.3 Å². The number of anilines is 1. The maximum absolute atomic E-state index is 11.5. The Balaban J connectivity index is 0.000000727. The second-order valence-corrected chi connectivity index (χ2v) is 18.1. The first-order valence-electron chi connectivity index (χ1n) is 16.4. The Morgan fingerprint density at radius 1 is 1.00 bits per heavy atom. The van der Waals surface area contributed by atoms with E-state index in [1.54, 1.807) is 41.5 Å². The van der Waals surface area contributed by atoms with Crippen LogP contribution in [0.3, 0.4) is 0 Å². The van der Waals surface area contributed by atoms with Gasteiger partial charge in [0.25, 0.3) is 25.2 Å². The molecule has 0 bridgehead atoms. The van der Waals surface area contributed by atoms with Crippen LogP contribution in [0.25, 0.3) is 26.4 Å². The summed E-state index contributed by atoms with van der Waals surface area (Å²) in [5.74, 6) is 0.0767. The summed E-state index contributed by atoms with van der Waals surface area (Å²) in [6.45, 7) is 12.9. The lowest BCUT2D eigenvalue weighted by Crippen LogP contribution is -2.36. The summed E-state index contributed by atoms with van der Waals surface area (Å²) in [4.78, 5) is 5.39. The van der Waals surface area contributed by atoms with Crippen molar-refractivity contribution in [3.8, 4) is 5.75 Å². The van der Waals surface area contributed by atoms with E-state index in [0.717, 1.165) is 52.2 Å². The number of thioether (sulfide) groups is 1. The maximum atomic E-state index is 11.5. The predicted molar refractivity (Wildman–Crippen MR) is 210 cm³/mol. The normalized spacial score (nSPS) is 14.5. The third-order valence-electron chi connectivity index (χ3n) is 8.24. The quantitative estimate of drug-likeness (QED) is 0.0897. The zero-order valence-corrected chi connectivity index (χ0v) is 33.7. The first kappa shape index (κ1) is 40.6. The summed E-state index contributed by atoms with van der Waals surface area (Å²) in [6, 6.07) is 9.61. The third-order valence-corrected chi connectivity index (χ3v) is 13.2. The fourth-order valence-electron chi connectivity index (χ4n) is 5.63. The van der Waals surface area contributed by atoms with Crippen LogP contribution >= 0.6 is 46.0 Å². The van der Waals surface area contributed by atoms with E-state index < -0.39 is 20.2 Å². The second-order valence-electron chi connectivity index (χ2n) is 11.5. The molecular weight excluding hydrogens is 758 g/mol. The van der Waals surface area contributed by atoms with Crippen molar-refractivity contribution in [2.24, 2.45) is 0 Å². The molecule has 50 heavy (non-hydrogen) atoms. The number of methoxy groups -OCH3 is 1. The molecule has 0 spiro atoms. The number of aryl methyl sites for hydroxylation is 1. The number of halogens is 1. The number of hydrogen-bond donors (Lipinski definition) is 2. The van der Waals surface area contributed by atoms with Crippen LogP contribution in [-0.2, 0) is 26.8 Å². The number of fused-ring (bicyclic) bond motifs is 4. The highest BCUT2D eigenvalue weighted by Crippen LogP contribution is 2.47. The third kappa shape index (κ3) is 10.7. The van der Waals surface area contributed by atoms with Gasteiger partial charge in [-0.1, -0.05) is 62.4 Å². The average Bonchev–Trinajstić information content (AvgIpc) is 3.76. The molecule has 274 valence electrons. The Bertz CT molecular complexity index is 2070. The number of benzene rings is 2. The van der Waals surface area contributed by atoms with Crippen molar-refractivity contribution < 1.29 is 35.2 Å². The minimum Gasteiger partial charge on any atom is -0.496 e. The Labute approximate surface area is 312 Å². The summed E-state index contributed by atoms with van der Waals surface area (Å²) < 4.78 is 74.2. The minimum absolute atomic E-state index is 0.233. The van der Waals surface area contributed by atoms with Gasteiger partial charge in [0.2, 0.25) is 5.52 Å². The van der Waals surface area contributed by atoms with Gasteiger partial charge in [0.1, 0.15) is 15.1 Å². The number of hydrogen-bond acceptors (Lipinski definition) is 10. The van der Waals surface area contributed by atoms with Crippen molar-refractivity contribution >= 4 is 98.3 Å². The first-order chi connectivity index (χ1) is 23.7. The second kappa shape index (κ2) is 18.0. The lowest BCUT2D eigenvalue weighted by Gasteiger charge is -2.20. The molecule has 10 nitrogen and oxygen atoms in total. The molecule has 5 rings (SSSR count). The van der Waals surface area contributed by atoms with Gasteiger partial charge in [-0.15, -0.1) is 11.3 Å². The molecule has 0 saturated heterocycles. The van der Waals surface area contributed by atoms with Gasteiger partial charge >= 0.3 is 0 Å². The van der Waals surface area contributed by atoms with Gasteiger partial charge in [-0.2, -0.15) is 21.4 Å². The van der Waals surface area contributed by atoms with E-state index in [1.807, 2.05) is 47.5 Å². The zero-order chi connectivity index (χ0) is 36.6.